The number of aliphatic hydroxyl groups is 1. The minimum absolute atomic E-state index is 0.112. The number of nitrogens with one attached hydrogen (secondary N) is 1. The van der Waals surface area contributed by atoms with Crippen LogP contribution in [0.2, 0.25) is 0 Å². The van der Waals surface area contributed by atoms with Gasteiger partial charge in [-0.3, -0.25) is 4.79 Å². The molecule has 2 N–H and O–H groups in total. The Hall–Kier alpha value is -2.57. The van der Waals surface area contributed by atoms with E-state index in [0.29, 0.717) is 28.5 Å². The first-order valence-corrected chi connectivity index (χ1v) is 8.80. The number of halogens is 1. The van der Waals surface area contributed by atoms with Gasteiger partial charge in [0.15, 0.2) is 0 Å². The molecule has 134 valence electrons. The van der Waals surface area contributed by atoms with Crippen LogP contribution < -0.4 is 10.1 Å². The van der Waals surface area contributed by atoms with E-state index in [1.54, 1.807) is 37.4 Å². The summed E-state index contributed by atoms with van der Waals surface area (Å²) >= 11 is 3.38. The summed E-state index contributed by atoms with van der Waals surface area (Å²) in [5.41, 5.74) is 2.27. The molecule has 0 bridgehead atoms. The first-order chi connectivity index (χ1) is 12.6. The van der Waals surface area contributed by atoms with E-state index in [0.717, 1.165) is 10.0 Å². The normalized spacial score (nSPS) is 10.6. The number of hydrogen-bond donors (Lipinski definition) is 2. The number of amides is 1. The second-order valence-electron chi connectivity index (χ2n) is 5.69. The standard InChI is InChI=1S/C20H18BrNO4/c1-25-18-8-6-15(11-17(18)19-9-7-16(12-23)26-19)22-20(24)10-13-2-4-14(21)5-3-13/h2-9,11,23H,10,12H2,1H3,(H,22,24). The molecule has 1 aromatic heterocycles. The van der Waals surface area contributed by atoms with E-state index in [1.165, 1.54) is 0 Å². The number of benzene rings is 2. The van der Waals surface area contributed by atoms with Gasteiger partial charge in [-0.15, -0.1) is 0 Å². The quantitative estimate of drug-likeness (QED) is 0.625. The van der Waals surface area contributed by atoms with Crippen LogP contribution in [-0.2, 0) is 17.8 Å². The van der Waals surface area contributed by atoms with Crippen molar-refractivity contribution in [1.29, 1.82) is 0 Å². The number of aliphatic hydroxyl groups excluding tert-OH is 1. The second kappa shape index (κ2) is 8.21. The number of furan rings is 1. The Bertz CT molecular complexity index is 902. The summed E-state index contributed by atoms with van der Waals surface area (Å²) in [5.74, 6) is 1.54. The van der Waals surface area contributed by atoms with Crippen LogP contribution >= 0.6 is 15.9 Å². The molecular formula is C20H18BrNO4. The van der Waals surface area contributed by atoms with Gasteiger partial charge < -0.3 is 19.6 Å². The van der Waals surface area contributed by atoms with Crippen molar-refractivity contribution >= 4 is 27.5 Å². The number of carbonyl (C=O) groups excluding carboxylic acids is 1. The average Bonchev–Trinajstić information content (AvgIpc) is 3.12. The van der Waals surface area contributed by atoms with Crippen molar-refractivity contribution < 1.29 is 19.1 Å². The van der Waals surface area contributed by atoms with Crippen LogP contribution in [0, 0.1) is 0 Å². The molecule has 0 saturated carbocycles. The fraction of sp³-hybridized carbons (Fsp3) is 0.150. The van der Waals surface area contributed by atoms with Crippen molar-refractivity contribution in [3.63, 3.8) is 0 Å². The lowest BCUT2D eigenvalue weighted by molar-refractivity contribution is -0.115. The summed E-state index contributed by atoms with van der Waals surface area (Å²) in [6.45, 7) is -0.175. The Morgan fingerprint density at radius 3 is 2.58 bits per heavy atom. The maximum Gasteiger partial charge on any atom is 0.228 e. The van der Waals surface area contributed by atoms with Gasteiger partial charge in [0.25, 0.3) is 0 Å². The molecule has 0 saturated heterocycles. The second-order valence-corrected chi connectivity index (χ2v) is 6.61. The molecule has 6 heteroatoms. The van der Waals surface area contributed by atoms with E-state index >= 15 is 0 Å². The number of hydrogen-bond acceptors (Lipinski definition) is 4. The van der Waals surface area contributed by atoms with Gasteiger partial charge in [0.2, 0.25) is 5.91 Å². The smallest absolute Gasteiger partial charge is 0.228 e. The Morgan fingerprint density at radius 2 is 1.92 bits per heavy atom. The molecule has 0 atom stereocenters. The Morgan fingerprint density at radius 1 is 1.15 bits per heavy atom. The lowest BCUT2D eigenvalue weighted by Crippen LogP contribution is -2.14. The highest BCUT2D eigenvalue weighted by Crippen LogP contribution is 2.33. The van der Waals surface area contributed by atoms with Crippen LogP contribution in [0.15, 0.2) is 63.5 Å². The summed E-state index contributed by atoms with van der Waals surface area (Å²) in [4.78, 5) is 12.3. The lowest BCUT2D eigenvalue weighted by Gasteiger charge is -2.10. The van der Waals surface area contributed by atoms with Crippen LogP contribution in [0.5, 0.6) is 5.75 Å². The van der Waals surface area contributed by atoms with Crippen molar-refractivity contribution in [3.8, 4) is 17.1 Å². The maximum absolute atomic E-state index is 12.3. The van der Waals surface area contributed by atoms with Crippen LogP contribution in [0.3, 0.4) is 0 Å². The van der Waals surface area contributed by atoms with Crippen LogP contribution in [-0.4, -0.2) is 18.1 Å². The van der Waals surface area contributed by atoms with Crippen LogP contribution in [0.4, 0.5) is 5.69 Å². The van der Waals surface area contributed by atoms with Crippen molar-refractivity contribution in [2.24, 2.45) is 0 Å². The van der Waals surface area contributed by atoms with Crippen molar-refractivity contribution in [2.45, 2.75) is 13.0 Å². The topological polar surface area (TPSA) is 71.7 Å². The Kier molecular flexibility index (Phi) is 5.75. The molecule has 0 radical (unpaired) electrons. The molecule has 1 heterocycles. The van der Waals surface area contributed by atoms with E-state index in [1.807, 2.05) is 24.3 Å². The zero-order chi connectivity index (χ0) is 18.5. The molecule has 0 aliphatic heterocycles. The monoisotopic (exact) mass is 415 g/mol. The van der Waals surface area contributed by atoms with Gasteiger partial charge in [-0.25, -0.2) is 0 Å². The zero-order valence-electron chi connectivity index (χ0n) is 14.2. The largest absolute Gasteiger partial charge is 0.496 e. The van der Waals surface area contributed by atoms with E-state index in [4.69, 9.17) is 9.15 Å². The number of rotatable bonds is 6. The molecule has 0 aliphatic carbocycles. The zero-order valence-corrected chi connectivity index (χ0v) is 15.7. The molecule has 3 rings (SSSR count). The Labute approximate surface area is 159 Å². The fourth-order valence-electron chi connectivity index (χ4n) is 2.58. The van der Waals surface area contributed by atoms with Gasteiger partial charge in [-0.2, -0.15) is 0 Å². The van der Waals surface area contributed by atoms with E-state index < -0.39 is 0 Å². The number of carbonyl (C=O) groups is 1. The molecule has 0 unspecified atom stereocenters. The first-order valence-electron chi connectivity index (χ1n) is 8.01. The summed E-state index contributed by atoms with van der Waals surface area (Å²) in [6, 6.07) is 16.4. The van der Waals surface area contributed by atoms with Crippen molar-refractivity contribution in [1.82, 2.24) is 0 Å². The predicted octanol–water partition coefficient (Wildman–Crippen LogP) is 4.39. The van der Waals surface area contributed by atoms with Gasteiger partial charge in [0.1, 0.15) is 23.9 Å². The molecule has 0 aliphatic rings. The number of ether oxygens (including phenoxy) is 1. The van der Waals surface area contributed by atoms with Gasteiger partial charge in [-0.1, -0.05) is 28.1 Å². The van der Waals surface area contributed by atoms with Gasteiger partial charge >= 0.3 is 0 Å². The summed E-state index contributed by atoms with van der Waals surface area (Å²) in [6.07, 6.45) is 0.282. The minimum atomic E-state index is -0.175. The maximum atomic E-state index is 12.3. The summed E-state index contributed by atoms with van der Waals surface area (Å²) in [7, 11) is 1.57. The highest BCUT2D eigenvalue weighted by Gasteiger charge is 2.13. The summed E-state index contributed by atoms with van der Waals surface area (Å²) < 4.78 is 11.9. The third-order valence-electron chi connectivity index (χ3n) is 3.84. The molecule has 2 aromatic carbocycles. The molecular weight excluding hydrogens is 398 g/mol. The van der Waals surface area contributed by atoms with Crippen LogP contribution in [0.1, 0.15) is 11.3 Å². The molecule has 3 aromatic rings. The fourth-order valence-corrected chi connectivity index (χ4v) is 2.84. The van der Waals surface area contributed by atoms with Gasteiger partial charge in [0.05, 0.1) is 19.1 Å². The first kappa shape index (κ1) is 18.2. The number of methoxy groups -OCH3 is 1. The average molecular weight is 416 g/mol. The van der Waals surface area contributed by atoms with Crippen molar-refractivity contribution in [2.75, 3.05) is 12.4 Å². The summed E-state index contributed by atoms with van der Waals surface area (Å²) in [5, 5.41) is 12.1. The predicted molar refractivity (Wildman–Crippen MR) is 103 cm³/mol. The van der Waals surface area contributed by atoms with Gasteiger partial charge in [-0.05, 0) is 48.0 Å². The SMILES string of the molecule is COc1ccc(NC(=O)Cc2ccc(Br)cc2)cc1-c1ccc(CO)o1. The minimum Gasteiger partial charge on any atom is -0.496 e. The molecule has 1 amide bonds. The lowest BCUT2D eigenvalue weighted by atomic mass is 10.1. The van der Waals surface area contributed by atoms with Crippen LogP contribution in [0.25, 0.3) is 11.3 Å². The molecule has 5 nitrogen and oxygen atoms in total. The van der Waals surface area contributed by atoms with Gasteiger partial charge in [0, 0.05) is 10.2 Å². The highest BCUT2D eigenvalue weighted by atomic mass is 79.9. The van der Waals surface area contributed by atoms with E-state index in [2.05, 4.69) is 21.2 Å². The Balaban J connectivity index is 1.78. The molecule has 26 heavy (non-hydrogen) atoms. The van der Waals surface area contributed by atoms with Crippen molar-refractivity contribution in [3.05, 3.63) is 70.4 Å². The third kappa shape index (κ3) is 4.33. The third-order valence-corrected chi connectivity index (χ3v) is 4.37. The molecule has 0 spiro atoms. The molecule has 0 fully saturated rings. The van der Waals surface area contributed by atoms with E-state index in [-0.39, 0.29) is 18.9 Å². The highest BCUT2D eigenvalue weighted by molar-refractivity contribution is 9.10. The number of anilines is 1. The van der Waals surface area contributed by atoms with E-state index in [9.17, 15) is 9.90 Å².